The number of amides is 2. The Labute approximate surface area is 189 Å². The van der Waals surface area contributed by atoms with Crippen molar-refractivity contribution >= 4 is 23.2 Å². The maximum atomic E-state index is 13.8. The number of hydrogen-bond acceptors (Lipinski definition) is 7. The predicted molar refractivity (Wildman–Crippen MR) is 116 cm³/mol. The van der Waals surface area contributed by atoms with E-state index in [9.17, 15) is 9.59 Å². The van der Waals surface area contributed by atoms with Crippen LogP contribution in [0.15, 0.2) is 59.2 Å². The molecule has 1 saturated heterocycles. The van der Waals surface area contributed by atoms with Gasteiger partial charge in [-0.15, -0.1) is 0 Å². The van der Waals surface area contributed by atoms with Crippen LogP contribution < -0.4 is 28.7 Å². The van der Waals surface area contributed by atoms with Crippen LogP contribution in [-0.2, 0) is 9.59 Å². The minimum Gasteiger partial charge on any atom is -0.486 e. The molecular formula is C24H20N2O7. The standard InChI is InChI=1S/C24H20N2O7/c27-22-14-25(15-3-5-17-20(12-15)32-10-8-30-17)24(28)23(19-2-1-7-29-19)26(22)16-4-6-18-21(13-16)33-11-9-31-18/h1-7,12-13,23H,8-11,14H2. The third-order valence-electron chi connectivity index (χ3n) is 5.77. The minimum atomic E-state index is -0.975. The van der Waals surface area contributed by atoms with Gasteiger partial charge in [0.25, 0.3) is 5.91 Å². The van der Waals surface area contributed by atoms with E-state index in [1.54, 1.807) is 48.5 Å². The number of furan rings is 1. The second-order valence-electron chi connectivity index (χ2n) is 7.76. The first kappa shape index (κ1) is 19.5. The van der Waals surface area contributed by atoms with Crippen molar-refractivity contribution in [1.82, 2.24) is 0 Å². The minimum absolute atomic E-state index is 0.135. The molecule has 0 aliphatic carbocycles. The van der Waals surface area contributed by atoms with E-state index in [0.29, 0.717) is 66.6 Å². The van der Waals surface area contributed by atoms with E-state index in [0.717, 1.165) is 0 Å². The first-order valence-corrected chi connectivity index (χ1v) is 10.7. The lowest BCUT2D eigenvalue weighted by atomic mass is 10.0. The third kappa shape index (κ3) is 3.32. The summed E-state index contributed by atoms with van der Waals surface area (Å²) in [6, 6.07) is 12.8. The van der Waals surface area contributed by atoms with Gasteiger partial charge in [0.2, 0.25) is 5.91 Å². The Morgan fingerprint density at radius 2 is 1.33 bits per heavy atom. The van der Waals surface area contributed by atoms with Gasteiger partial charge in [-0.25, -0.2) is 0 Å². The van der Waals surface area contributed by atoms with Crippen molar-refractivity contribution in [2.75, 3.05) is 42.8 Å². The van der Waals surface area contributed by atoms with Gasteiger partial charge >= 0.3 is 0 Å². The quantitative estimate of drug-likeness (QED) is 0.609. The Morgan fingerprint density at radius 3 is 1.97 bits per heavy atom. The maximum Gasteiger partial charge on any atom is 0.258 e. The highest BCUT2D eigenvalue weighted by atomic mass is 16.6. The van der Waals surface area contributed by atoms with Gasteiger partial charge in [-0.05, 0) is 36.4 Å². The zero-order chi connectivity index (χ0) is 22.4. The predicted octanol–water partition coefficient (Wildman–Crippen LogP) is 2.94. The zero-order valence-electron chi connectivity index (χ0n) is 17.6. The topological polar surface area (TPSA) is 90.7 Å². The third-order valence-corrected chi connectivity index (χ3v) is 5.77. The Balaban J connectivity index is 1.39. The van der Waals surface area contributed by atoms with Gasteiger partial charge in [0, 0.05) is 23.5 Å². The van der Waals surface area contributed by atoms with E-state index in [-0.39, 0.29) is 18.4 Å². The van der Waals surface area contributed by atoms with E-state index in [2.05, 4.69) is 0 Å². The molecule has 6 rings (SSSR count). The Hall–Kier alpha value is -4.14. The molecule has 9 nitrogen and oxygen atoms in total. The molecule has 1 atom stereocenters. The molecule has 33 heavy (non-hydrogen) atoms. The van der Waals surface area contributed by atoms with E-state index < -0.39 is 6.04 Å². The largest absolute Gasteiger partial charge is 0.486 e. The fourth-order valence-electron chi connectivity index (χ4n) is 4.28. The second-order valence-corrected chi connectivity index (χ2v) is 7.76. The smallest absolute Gasteiger partial charge is 0.258 e. The molecule has 1 unspecified atom stereocenters. The van der Waals surface area contributed by atoms with Gasteiger partial charge in [-0.3, -0.25) is 14.5 Å². The molecule has 2 aromatic carbocycles. The van der Waals surface area contributed by atoms with Crippen molar-refractivity contribution in [2.24, 2.45) is 0 Å². The van der Waals surface area contributed by atoms with Gasteiger partial charge in [0.1, 0.15) is 38.7 Å². The molecular weight excluding hydrogens is 428 g/mol. The summed E-state index contributed by atoms with van der Waals surface area (Å²) < 4.78 is 28.1. The van der Waals surface area contributed by atoms with Crippen LogP contribution in [0.2, 0.25) is 0 Å². The zero-order valence-corrected chi connectivity index (χ0v) is 17.6. The molecule has 168 valence electrons. The molecule has 0 radical (unpaired) electrons. The van der Waals surface area contributed by atoms with Crippen LogP contribution in [0.5, 0.6) is 23.0 Å². The van der Waals surface area contributed by atoms with Crippen molar-refractivity contribution in [1.29, 1.82) is 0 Å². The molecule has 9 heteroatoms. The van der Waals surface area contributed by atoms with E-state index >= 15 is 0 Å². The number of hydrogen-bond donors (Lipinski definition) is 0. The highest BCUT2D eigenvalue weighted by molar-refractivity contribution is 6.14. The molecule has 0 bridgehead atoms. The number of carbonyl (C=O) groups excluding carboxylic acids is 2. The van der Waals surface area contributed by atoms with Crippen molar-refractivity contribution in [3.63, 3.8) is 0 Å². The van der Waals surface area contributed by atoms with Gasteiger partial charge in [0.05, 0.1) is 6.26 Å². The average molecular weight is 448 g/mol. The molecule has 1 fully saturated rings. The summed E-state index contributed by atoms with van der Waals surface area (Å²) in [4.78, 5) is 30.1. The van der Waals surface area contributed by atoms with Gasteiger partial charge in [-0.2, -0.15) is 0 Å². The molecule has 3 aliphatic heterocycles. The molecule has 3 aliphatic rings. The number of anilines is 2. The lowest BCUT2D eigenvalue weighted by Crippen LogP contribution is -2.56. The number of rotatable bonds is 3. The van der Waals surface area contributed by atoms with Crippen LogP contribution in [-0.4, -0.2) is 44.8 Å². The molecule has 0 N–H and O–H groups in total. The van der Waals surface area contributed by atoms with E-state index in [1.165, 1.54) is 16.1 Å². The molecule has 1 aromatic heterocycles. The molecule has 2 amide bonds. The number of nitrogens with zero attached hydrogens (tertiary/aromatic N) is 2. The summed E-state index contributed by atoms with van der Waals surface area (Å²) in [5, 5.41) is 0. The van der Waals surface area contributed by atoms with Crippen LogP contribution in [0, 0.1) is 0 Å². The second kappa shape index (κ2) is 7.77. The Kier molecular flexibility index (Phi) is 4.60. The van der Waals surface area contributed by atoms with E-state index in [4.69, 9.17) is 23.4 Å². The number of ether oxygens (including phenoxy) is 4. The van der Waals surface area contributed by atoms with Crippen molar-refractivity contribution < 1.29 is 33.0 Å². The lowest BCUT2D eigenvalue weighted by molar-refractivity contribution is -0.129. The number of piperazine rings is 1. The molecule has 3 aromatic rings. The van der Waals surface area contributed by atoms with Gasteiger partial charge in [0.15, 0.2) is 29.0 Å². The lowest BCUT2D eigenvalue weighted by Gasteiger charge is -2.39. The highest BCUT2D eigenvalue weighted by Crippen LogP contribution is 2.41. The first-order chi connectivity index (χ1) is 16.2. The van der Waals surface area contributed by atoms with Gasteiger partial charge < -0.3 is 28.3 Å². The van der Waals surface area contributed by atoms with Crippen LogP contribution in [0.25, 0.3) is 0 Å². The highest BCUT2D eigenvalue weighted by Gasteiger charge is 2.44. The summed E-state index contributed by atoms with van der Waals surface area (Å²) in [6.07, 6.45) is 1.48. The summed E-state index contributed by atoms with van der Waals surface area (Å²) >= 11 is 0. The molecule has 0 spiro atoms. The fourth-order valence-corrected chi connectivity index (χ4v) is 4.28. The van der Waals surface area contributed by atoms with E-state index in [1.807, 2.05) is 0 Å². The van der Waals surface area contributed by atoms with Crippen LogP contribution >= 0.6 is 0 Å². The van der Waals surface area contributed by atoms with Crippen LogP contribution in [0.4, 0.5) is 11.4 Å². The number of fused-ring (bicyclic) bond motifs is 2. The number of carbonyl (C=O) groups is 2. The van der Waals surface area contributed by atoms with Crippen molar-refractivity contribution in [3.8, 4) is 23.0 Å². The molecule has 4 heterocycles. The maximum absolute atomic E-state index is 13.8. The summed E-state index contributed by atoms with van der Waals surface area (Å²) in [5.41, 5.74) is 1.08. The average Bonchev–Trinajstić information content (AvgIpc) is 3.39. The van der Waals surface area contributed by atoms with Crippen molar-refractivity contribution in [2.45, 2.75) is 6.04 Å². The Bertz CT molecular complexity index is 1220. The monoisotopic (exact) mass is 448 g/mol. The van der Waals surface area contributed by atoms with Crippen LogP contribution in [0.1, 0.15) is 11.8 Å². The fraction of sp³-hybridized carbons (Fsp3) is 0.250. The van der Waals surface area contributed by atoms with Gasteiger partial charge in [-0.1, -0.05) is 0 Å². The number of benzene rings is 2. The SMILES string of the molecule is O=C1C(c2ccco2)N(c2ccc3c(c2)OCCO3)C(=O)CN1c1ccc2c(c1)OCCO2. The summed E-state index contributed by atoms with van der Waals surface area (Å²) in [7, 11) is 0. The summed E-state index contributed by atoms with van der Waals surface area (Å²) in [5.74, 6) is 2.10. The Morgan fingerprint density at radius 1 is 0.727 bits per heavy atom. The van der Waals surface area contributed by atoms with Crippen LogP contribution in [0.3, 0.4) is 0 Å². The summed E-state index contributed by atoms with van der Waals surface area (Å²) in [6.45, 7) is 1.65. The van der Waals surface area contributed by atoms with Crippen molar-refractivity contribution in [3.05, 3.63) is 60.6 Å². The molecule has 0 saturated carbocycles. The normalized spacial score (nSPS) is 19.6. The first-order valence-electron chi connectivity index (χ1n) is 10.7.